The van der Waals surface area contributed by atoms with Gasteiger partial charge in [-0.2, -0.15) is 0 Å². The zero-order valence-electron chi connectivity index (χ0n) is 26.6. The molecule has 4 aromatic carbocycles. The van der Waals surface area contributed by atoms with Crippen LogP contribution in [-0.2, 0) is 42.0 Å². The predicted octanol–water partition coefficient (Wildman–Crippen LogP) is 8.66. The third kappa shape index (κ3) is 4.38. The third-order valence-corrected chi connectivity index (χ3v) is 26.6. The van der Waals surface area contributed by atoms with Crippen LogP contribution in [0, 0.1) is 0 Å². The van der Waals surface area contributed by atoms with Gasteiger partial charge in [-0.25, -0.2) is 0 Å². The van der Waals surface area contributed by atoms with Gasteiger partial charge in [0.05, 0.1) is 0 Å². The van der Waals surface area contributed by atoms with Gasteiger partial charge in [-0.05, 0) is 0 Å². The molecule has 0 aromatic heterocycles. The van der Waals surface area contributed by atoms with Gasteiger partial charge in [-0.1, -0.05) is 0 Å². The summed E-state index contributed by atoms with van der Waals surface area (Å²) in [5.41, 5.74) is 10.1. The molecule has 0 heterocycles. The molecule has 0 N–H and O–H groups in total. The molecule has 0 bridgehead atoms. The van der Waals surface area contributed by atoms with E-state index >= 15 is 0 Å². The first kappa shape index (κ1) is 29.2. The number of rotatable bonds is 5. The van der Waals surface area contributed by atoms with Crippen molar-refractivity contribution in [2.24, 2.45) is 0 Å². The maximum absolute atomic E-state index is 5.67. The molecule has 6 rings (SSSR count). The first-order chi connectivity index (χ1) is 19.9. The molecule has 1 heteroatoms. The van der Waals surface area contributed by atoms with Gasteiger partial charge in [0.2, 0.25) is 0 Å². The summed E-state index contributed by atoms with van der Waals surface area (Å²) in [5, 5.41) is 0. The summed E-state index contributed by atoms with van der Waals surface area (Å²) < 4.78 is 11.6. The molecule has 0 spiro atoms. The van der Waals surface area contributed by atoms with Crippen molar-refractivity contribution in [1.82, 2.24) is 0 Å². The second-order valence-electron chi connectivity index (χ2n) is 14.8. The van der Waals surface area contributed by atoms with E-state index in [4.69, 9.17) is 4.21 Å². The number of hydrogen-bond donors (Lipinski definition) is 0. The number of benzene rings is 4. The Morgan fingerprint density at radius 1 is 0.714 bits per heavy atom. The molecule has 4 aromatic rings. The van der Waals surface area contributed by atoms with Crippen molar-refractivity contribution in [1.29, 1.82) is 0 Å². The quantitative estimate of drug-likeness (QED) is 0.183. The molecule has 214 valence electrons. The van der Waals surface area contributed by atoms with Crippen LogP contribution in [0.1, 0.15) is 82.7 Å². The Bertz CT molecular complexity index is 1800. The van der Waals surface area contributed by atoms with E-state index < -0.39 is 18.3 Å². The van der Waals surface area contributed by atoms with Crippen molar-refractivity contribution in [2.75, 3.05) is 0 Å². The molecule has 2 aliphatic carbocycles. The minimum absolute atomic E-state index is 0.00709. The Labute approximate surface area is 254 Å². The molecule has 0 saturated carbocycles. The van der Waals surface area contributed by atoms with Crippen LogP contribution in [0.3, 0.4) is 0 Å². The monoisotopic (exact) mass is 628 g/mol. The summed E-state index contributed by atoms with van der Waals surface area (Å²) in [4.78, 5) is 0. The van der Waals surface area contributed by atoms with E-state index in [1.54, 1.807) is 0 Å². The van der Waals surface area contributed by atoms with Crippen LogP contribution in [0.25, 0.3) is 11.1 Å². The van der Waals surface area contributed by atoms with Gasteiger partial charge < -0.3 is 0 Å². The summed E-state index contributed by atoms with van der Waals surface area (Å²) in [7, 11) is 0. The van der Waals surface area contributed by atoms with E-state index in [1.165, 1.54) is 52.0 Å². The van der Waals surface area contributed by atoms with Gasteiger partial charge in [-0.15, -0.1) is 0 Å². The summed E-state index contributed by atoms with van der Waals surface area (Å²) in [6.07, 6.45) is 10.0. The number of fused-ring (bicyclic) bond motifs is 3. The van der Waals surface area contributed by atoms with Crippen molar-refractivity contribution >= 4 is 14.0 Å². The van der Waals surface area contributed by atoms with Gasteiger partial charge in [-0.3, -0.25) is 0 Å². The molecule has 0 radical (unpaired) electrons. The first-order valence-electron chi connectivity index (χ1n) is 15.7. The van der Waals surface area contributed by atoms with Crippen molar-refractivity contribution in [3.63, 3.8) is 0 Å². The van der Waals surface area contributed by atoms with Crippen LogP contribution in [-0.4, -0.2) is 4.21 Å². The van der Waals surface area contributed by atoms with Crippen molar-refractivity contribution in [3.05, 3.63) is 134 Å². The Hall–Kier alpha value is -2.89. The minimum atomic E-state index is -4.71. The van der Waals surface area contributed by atoms with Crippen LogP contribution >= 0.6 is 0 Å². The Kier molecular flexibility index (Phi) is 7.02. The zero-order valence-corrected chi connectivity index (χ0v) is 29.1. The molecule has 0 aliphatic heterocycles. The standard InChI is InChI=1S/C21H25.C8H9.C6H5.C5H5.CH2.Zr/c1-20(2,3)16-9-7-14-11-15-8-10-17(21(4,5)6)13-19(15)18(14)12-16;1-2-8-6-4-3-5-7-8;1-2-4-6-5-3-1;1-2-4-5-3-1;;/h7,9-10,12-13H,11H2,1-6H3;4-7H,2H2,1H3;1-5H;1-3H,4H2;1H2;. The second kappa shape index (κ2) is 10.1. The molecule has 0 fully saturated rings. The van der Waals surface area contributed by atoms with E-state index in [9.17, 15) is 0 Å². The molecule has 0 nitrogen and oxygen atoms in total. The van der Waals surface area contributed by atoms with Crippen LogP contribution in [0.15, 0.2) is 106 Å². The summed E-state index contributed by atoms with van der Waals surface area (Å²) in [5.74, 6) is 0. The summed E-state index contributed by atoms with van der Waals surface area (Å²) in [6, 6.07) is 33.4. The number of allylic oxidation sites excluding steroid dienone is 4. The molecule has 0 atom stereocenters. The van der Waals surface area contributed by atoms with Gasteiger partial charge in [0, 0.05) is 0 Å². The van der Waals surface area contributed by atoms with E-state index in [0.29, 0.717) is 0 Å². The fourth-order valence-electron chi connectivity index (χ4n) is 7.46. The zero-order chi connectivity index (χ0) is 29.9. The van der Waals surface area contributed by atoms with E-state index in [2.05, 4.69) is 152 Å². The predicted molar refractivity (Wildman–Crippen MR) is 182 cm³/mol. The fourth-order valence-corrected chi connectivity index (χ4v) is 22.9. The van der Waals surface area contributed by atoms with Crippen molar-refractivity contribution in [3.8, 4) is 11.1 Å². The van der Waals surface area contributed by atoms with Crippen LogP contribution in [0.5, 0.6) is 0 Å². The third-order valence-electron chi connectivity index (χ3n) is 10.2. The topological polar surface area (TPSA) is 0 Å². The molecule has 0 saturated heterocycles. The average molecular weight is 630 g/mol. The van der Waals surface area contributed by atoms with Gasteiger partial charge >= 0.3 is 256 Å². The van der Waals surface area contributed by atoms with E-state index in [1.807, 2.05) is 0 Å². The van der Waals surface area contributed by atoms with Crippen LogP contribution in [0.2, 0.25) is 0 Å². The summed E-state index contributed by atoms with van der Waals surface area (Å²) in [6.45, 7) is 16.3. The van der Waals surface area contributed by atoms with Gasteiger partial charge in [0.1, 0.15) is 0 Å². The number of hydrogen-bond acceptors (Lipinski definition) is 0. The normalized spacial score (nSPS) is 15.0. The molecule has 0 amide bonds. The molecule has 0 unspecified atom stereocenters. The van der Waals surface area contributed by atoms with E-state index in [-0.39, 0.29) is 10.8 Å². The van der Waals surface area contributed by atoms with E-state index in [0.717, 1.165) is 19.3 Å². The van der Waals surface area contributed by atoms with Crippen molar-refractivity contribution < 1.29 is 18.3 Å². The molecule has 2 aliphatic rings. The Balaban J connectivity index is 1.79. The number of aryl methyl sites for hydroxylation is 1. The summed E-state index contributed by atoms with van der Waals surface area (Å²) >= 11 is -4.71. The van der Waals surface area contributed by atoms with Gasteiger partial charge in [0.15, 0.2) is 0 Å². The Morgan fingerprint density at radius 2 is 1.36 bits per heavy atom. The molecular weight excluding hydrogens is 584 g/mol. The average Bonchev–Trinajstić information content (AvgIpc) is 3.65. The van der Waals surface area contributed by atoms with Crippen molar-refractivity contribution in [2.45, 2.75) is 78.6 Å². The van der Waals surface area contributed by atoms with Gasteiger partial charge in [0.25, 0.3) is 0 Å². The SMILES string of the molecule is [CH2]=[Zr]([C]1=CC=CC1)([c]1ccccc1)([c]1ccc(CC)cc1)[c]1cc(C(C)(C)C)cc2c1Cc1ccc(C(C)(C)C)cc1-2. The fraction of sp³-hybridized carbons (Fsp3) is 0.293. The molecular formula is C41H46Zr. The van der Waals surface area contributed by atoms with Crippen LogP contribution < -0.4 is 9.81 Å². The Morgan fingerprint density at radius 3 is 1.95 bits per heavy atom. The first-order valence-corrected chi connectivity index (χ1v) is 22.4. The molecule has 42 heavy (non-hydrogen) atoms. The maximum atomic E-state index is 5.67. The van der Waals surface area contributed by atoms with Crippen LogP contribution in [0.4, 0.5) is 0 Å². The second-order valence-corrected chi connectivity index (χ2v) is 27.7.